The largest absolute Gasteiger partial charge is 0.366 e. The minimum absolute atomic E-state index is 0.910. The molecule has 0 fully saturated rings. The Bertz CT molecular complexity index is 136. The Labute approximate surface area is 75.1 Å². The molecule has 0 aliphatic carbocycles. The second-order valence-electron chi connectivity index (χ2n) is 2.34. The molecular weight excluding hydrogens is 154 g/mol. The van der Waals surface area contributed by atoms with E-state index in [2.05, 4.69) is 24.8 Å². The van der Waals surface area contributed by atoms with Gasteiger partial charge in [0.15, 0.2) is 0 Å². The fourth-order valence-corrected chi connectivity index (χ4v) is 1.28. The van der Waals surface area contributed by atoms with Crippen molar-refractivity contribution in [3.63, 3.8) is 0 Å². The average Bonchev–Trinajstić information content (AvgIpc) is 2.03. The third kappa shape index (κ3) is 4.14. The summed E-state index contributed by atoms with van der Waals surface area (Å²) in [5.74, 6) is 0. The zero-order valence-corrected chi connectivity index (χ0v) is 8.45. The summed E-state index contributed by atoms with van der Waals surface area (Å²) in [7, 11) is 0. The van der Waals surface area contributed by atoms with Crippen LogP contribution in [-0.2, 0) is 0 Å². The Morgan fingerprint density at radius 2 is 1.91 bits per heavy atom. The molecule has 0 atom stereocenters. The predicted octanol–water partition coefficient (Wildman–Crippen LogP) is 2.62. The third-order valence-electron chi connectivity index (χ3n) is 1.64. The molecule has 0 bridgehead atoms. The van der Waals surface area contributed by atoms with Crippen LogP contribution in [0.25, 0.3) is 0 Å². The Morgan fingerprint density at radius 1 is 1.36 bits per heavy atom. The van der Waals surface area contributed by atoms with Crippen molar-refractivity contribution in [1.82, 2.24) is 4.90 Å². The van der Waals surface area contributed by atoms with E-state index in [0.29, 0.717) is 0 Å². The summed E-state index contributed by atoms with van der Waals surface area (Å²) in [5.41, 5.74) is 0. The van der Waals surface area contributed by atoms with E-state index in [1.807, 2.05) is 13.0 Å². The molecule has 2 heteroatoms. The topological polar surface area (TPSA) is 3.24 Å². The molecular formula is C9H17NS. The summed E-state index contributed by atoms with van der Waals surface area (Å²) < 4.78 is 0. The number of allylic oxidation sites excluding steroid dienone is 1. The van der Waals surface area contributed by atoms with Crippen LogP contribution in [0.5, 0.6) is 0 Å². The first-order valence-electron chi connectivity index (χ1n) is 4.15. The van der Waals surface area contributed by atoms with Gasteiger partial charge in [-0.15, -0.1) is 0 Å². The van der Waals surface area contributed by atoms with E-state index in [9.17, 15) is 0 Å². The van der Waals surface area contributed by atoms with Gasteiger partial charge in [0.25, 0.3) is 0 Å². The van der Waals surface area contributed by atoms with Crippen molar-refractivity contribution in [2.45, 2.75) is 27.2 Å². The maximum absolute atomic E-state index is 5.21. The lowest BCUT2D eigenvalue weighted by molar-refractivity contribution is 0.468. The lowest BCUT2D eigenvalue weighted by Crippen LogP contribution is -2.28. The Kier molecular flexibility index (Phi) is 6.13. The van der Waals surface area contributed by atoms with E-state index in [0.717, 1.165) is 24.5 Å². The quantitative estimate of drug-likeness (QED) is 0.472. The summed E-state index contributed by atoms with van der Waals surface area (Å²) in [6, 6.07) is 0. The molecule has 0 N–H and O–H groups in total. The SMILES string of the molecule is CC=CCC(=S)N(CC)CC. The van der Waals surface area contributed by atoms with E-state index >= 15 is 0 Å². The molecule has 0 saturated heterocycles. The second kappa shape index (κ2) is 6.35. The van der Waals surface area contributed by atoms with Crippen molar-refractivity contribution in [3.8, 4) is 0 Å². The minimum atomic E-state index is 0.910. The molecule has 0 rings (SSSR count). The number of hydrogen-bond acceptors (Lipinski definition) is 1. The van der Waals surface area contributed by atoms with Gasteiger partial charge in [-0.05, 0) is 20.8 Å². The van der Waals surface area contributed by atoms with E-state index < -0.39 is 0 Å². The molecule has 0 aliphatic heterocycles. The second-order valence-corrected chi connectivity index (χ2v) is 2.81. The van der Waals surface area contributed by atoms with Gasteiger partial charge in [0, 0.05) is 19.5 Å². The van der Waals surface area contributed by atoms with Crippen LogP contribution in [0.3, 0.4) is 0 Å². The summed E-state index contributed by atoms with van der Waals surface area (Å²) in [4.78, 5) is 3.25. The molecule has 11 heavy (non-hydrogen) atoms. The first-order valence-corrected chi connectivity index (χ1v) is 4.56. The van der Waals surface area contributed by atoms with Gasteiger partial charge in [-0.2, -0.15) is 0 Å². The molecule has 0 aliphatic rings. The summed E-state index contributed by atoms with van der Waals surface area (Å²) in [6.45, 7) is 8.32. The average molecular weight is 171 g/mol. The van der Waals surface area contributed by atoms with Crippen molar-refractivity contribution in [3.05, 3.63) is 12.2 Å². The highest BCUT2D eigenvalue weighted by Gasteiger charge is 2.01. The molecule has 0 saturated carbocycles. The van der Waals surface area contributed by atoms with Crippen LogP contribution in [0.1, 0.15) is 27.2 Å². The van der Waals surface area contributed by atoms with Crippen molar-refractivity contribution < 1.29 is 0 Å². The first-order chi connectivity index (χ1) is 5.26. The van der Waals surface area contributed by atoms with E-state index in [4.69, 9.17) is 12.2 Å². The van der Waals surface area contributed by atoms with Crippen molar-refractivity contribution in [2.24, 2.45) is 0 Å². The van der Waals surface area contributed by atoms with Crippen LogP contribution in [0.2, 0.25) is 0 Å². The van der Waals surface area contributed by atoms with Crippen molar-refractivity contribution in [2.75, 3.05) is 13.1 Å². The molecule has 0 aromatic carbocycles. The summed E-state index contributed by atoms with van der Waals surface area (Å²) in [5, 5.41) is 0. The fourth-order valence-electron chi connectivity index (χ4n) is 0.924. The summed E-state index contributed by atoms with van der Waals surface area (Å²) in [6.07, 6.45) is 5.05. The molecule has 0 radical (unpaired) electrons. The predicted molar refractivity (Wildman–Crippen MR) is 55.0 cm³/mol. The van der Waals surface area contributed by atoms with E-state index in [1.54, 1.807) is 0 Å². The van der Waals surface area contributed by atoms with Crippen LogP contribution in [0.4, 0.5) is 0 Å². The zero-order valence-electron chi connectivity index (χ0n) is 7.63. The maximum Gasteiger partial charge on any atom is 0.0817 e. The highest BCUT2D eigenvalue weighted by Crippen LogP contribution is 1.97. The highest BCUT2D eigenvalue weighted by molar-refractivity contribution is 7.80. The number of rotatable bonds is 4. The van der Waals surface area contributed by atoms with Crippen LogP contribution in [0, 0.1) is 0 Å². The molecule has 0 unspecified atom stereocenters. The third-order valence-corrected chi connectivity index (χ3v) is 2.07. The molecule has 1 nitrogen and oxygen atoms in total. The molecule has 0 aromatic heterocycles. The number of thiocarbonyl (C=S) groups is 1. The Balaban J connectivity index is 3.79. The van der Waals surface area contributed by atoms with Gasteiger partial charge in [0.05, 0.1) is 4.99 Å². The van der Waals surface area contributed by atoms with Gasteiger partial charge >= 0.3 is 0 Å². The van der Waals surface area contributed by atoms with E-state index in [1.165, 1.54) is 0 Å². The van der Waals surface area contributed by atoms with Gasteiger partial charge in [0.2, 0.25) is 0 Å². The lowest BCUT2D eigenvalue weighted by Gasteiger charge is -2.20. The first kappa shape index (κ1) is 10.6. The molecule has 0 aromatic rings. The number of hydrogen-bond donors (Lipinski definition) is 0. The maximum atomic E-state index is 5.21. The fraction of sp³-hybridized carbons (Fsp3) is 0.667. The zero-order chi connectivity index (χ0) is 8.69. The molecule has 64 valence electrons. The molecule has 0 heterocycles. The van der Waals surface area contributed by atoms with Crippen LogP contribution >= 0.6 is 12.2 Å². The Morgan fingerprint density at radius 3 is 2.27 bits per heavy atom. The van der Waals surface area contributed by atoms with Crippen LogP contribution in [-0.4, -0.2) is 23.0 Å². The lowest BCUT2D eigenvalue weighted by atomic mass is 10.3. The van der Waals surface area contributed by atoms with Gasteiger partial charge in [-0.1, -0.05) is 24.4 Å². The van der Waals surface area contributed by atoms with Crippen molar-refractivity contribution >= 4 is 17.2 Å². The monoisotopic (exact) mass is 171 g/mol. The summed E-state index contributed by atoms with van der Waals surface area (Å²) >= 11 is 5.21. The van der Waals surface area contributed by atoms with Gasteiger partial charge in [-0.25, -0.2) is 0 Å². The van der Waals surface area contributed by atoms with E-state index in [-0.39, 0.29) is 0 Å². The normalized spacial score (nSPS) is 10.5. The van der Waals surface area contributed by atoms with Crippen molar-refractivity contribution in [1.29, 1.82) is 0 Å². The Hall–Kier alpha value is -0.370. The van der Waals surface area contributed by atoms with Crippen LogP contribution < -0.4 is 0 Å². The molecule has 0 amide bonds. The standard InChI is InChI=1S/C9H17NS/c1-4-7-8-9(11)10(5-2)6-3/h4,7H,5-6,8H2,1-3H3. The molecule has 0 spiro atoms. The smallest absolute Gasteiger partial charge is 0.0817 e. The van der Waals surface area contributed by atoms with Gasteiger partial charge < -0.3 is 4.90 Å². The minimum Gasteiger partial charge on any atom is -0.366 e. The number of nitrogens with zero attached hydrogens (tertiary/aromatic N) is 1. The van der Waals surface area contributed by atoms with Crippen LogP contribution in [0.15, 0.2) is 12.2 Å². The van der Waals surface area contributed by atoms with Gasteiger partial charge in [0.1, 0.15) is 0 Å². The van der Waals surface area contributed by atoms with Gasteiger partial charge in [-0.3, -0.25) is 0 Å². The highest BCUT2D eigenvalue weighted by atomic mass is 32.1.